The predicted octanol–water partition coefficient (Wildman–Crippen LogP) is 7.34. The number of benzene rings is 1. The molecule has 0 fully saturated rings. The second-order valence-electron chi connectivity index (χ2n) is 9.95. The maximum atomic E-state index is 12.5. The summed E-state index contributed by atoms with van der Waals surface area (Å²) in [6.45, 7) is 4.88. The van der Waals surface area contributed by atoms with E-state index in [1.807, 2.05) is 50.2 Å². The fourth-order valence-electron chi connectivity index (χ4n) is 4.21. The lowest BCUT2D eigenvalue weighted by Crippen LogP contribution is -2.12. The average Bonchev–Trinajstić information content (AvgIpc) is 2.92. The molecule has 3 rings (SSSR count). The van der Waals surface area contributed by atoms with E-state index < -0.39 is 5.63 Å². The first kappa shape index (κ1) is 29.2. The summed E-state index contributed by atoms with van der Waals surface area (Å²) in [6, 6.07) is 11.0. The van der Waals surface area contributed by atoms with Gasteiger partial charge in [-0.1, -0.05) is 77.3 Å². The predicted molar refractivity (Wildman–Crippen MR) is 150 cm³/mol. The van der Waals surface area contributed by atoms with Crippen LogP contribution in [0.25, 0.3) is 22.1 Å². The minimum absolute atomic E-state index is 0.0399. The number of pyridine rings is 1. The van der Waals surface area contributed by atoms with Gasteiger partial charge in [0.25, 0.3) is 0 Å². The Balaban J connectivity index is 1.30. The monoisotopic (exact) mass is 523 g/mol. The highest BCUT2D eigenvalue weighted by molar-refractivity contribution is 5.82. The summed E-state index contributed by atoms with van der Waals surface area (Å²) >= 11 is 0. The van der Waals surface area contributed by atoms with Crippen LogP contribution in [0.15, 0.2) is 51.8 Å². The van der Waals surface area contributed by atoms with E-state index in [-0.39, 0.29) is 11.9 Å². The first-order chi connectivity index (χ1) is 18.5. The van der Waals surface area contributed by atoms with Gasteiger partial charge < -0.3 is 18.6 Å². The van der Waals surface area contributed by atoms with Gasteiger partial charge in [0, 0.05) is 11.5 Å². The third kappa shape index (κ3) is 9.51. The molecular formula is C31H41NO6. The molecule has 206 valence electrons. The van der Waals surface area contributed by atoms with Gasteiger partial charge in [-0.2, -0.15) is 0 Å². The average molecular weight is 524 g/mol. The normalized spacial score (nSPS) is 11.2. The molecule has 7 heteroatoms. The molecule has 0 aliphatic carbocycles. The molecule has 0 amide bonds. The van der Waals surface area contributed by atoms with E-state index in [9.17, 15) is 9.59 Å². The fraction of sp³-hybridized carbons (Fsp3) is 0.516. The number of rotatable bonds is 17. The fourth-order valence-corrected chi connectivity index (χ4v) is 4.21. The van der Waals surface area contributed by atoms with E-state index in [1.54, 1.807) is 13.3 Å². The molecule has 0 aliphatic heterocycles. The van der Waals surface area contributed by atoms with Crippen molar-refractivity contribution in [1.82, 2.24) is 4.98 Å². The lowest BCUT2D eigenvalue weighted by Gasteiger charge is -2.08. The van der Waals surface area contributed by atoms with Gasteiger partial charge in [-0.25, -0.2) is 9.78 Å². The number of hydrogen-bond donors (Lipinski definition) is 0. The standard InChI is InChI=1S/C31H41NO6/c1-23(2)30(33)37-18-13-11-9-7-5-4-6-8-10-12-17-36-29-21-25-20-27(31(34)38-28(25)22-32-29)24-15-14-16-26(19-24)35-3/h14-16,19-23H,4-13,17-18H2,1-3H3. The molecule has 0 bridgehead atoms. The van der Waals surface area contributed by atoms with E-state index >= 15 is 0 Å². The van der Waals surface area contributed by atoms with E-state index in [4.69, 9.17) is 18.6 Å². The maximum Gasteiger partial charge on any atom is 0.344 e. The zero-order chi connectivity index (χ0) is 27.2. The van der Waals surface area contributed by atoms with E-state index in [0.717, 1.165) is 36.6 Å². The van der Waals surface area contributed by atoms with Crippen LogP contribution >= 0.6 is 0 Å². The van der Waals surface area contributed by atoms with Crippen molar-refractivity contribution < 1.29 is 23.4 Å². The molecule has 0 spiro atoms. The van der Waals surface area contributed by atoms with Crippen molar-refractivity contribution in [3.8, 4) is 22.8 Å². The largest absolute Gasteiger partial charge is 0.497 e. The SMILES string of the molecule is COc1cccc(-c2cc3cc(OCCCCCCCCCCCCOC(=O)C(C)C)ncc3oc2=O)c1. The van der Waals surface area contributed by atoms with Crippen molar-refractivity contribution in [2.45, 2.75) is 78.1 Å². The van der Waals surface area contributed by atoms with Crippen LogP contribution in [0.5, 0.6) is 11.6 Å². The third-order valence-corrected chi connectivity index (χ3v) is 6.48. The van der Waals surface area contributed by atoms with E-state index in [1.165, 1.54) is 38.5 Å². The molecule has 0 saturated carbocycles. The zero-order valence-electron chi connectivity index (χ0n) is 23.0. The van der Waals surface area contributed by atoms with Crippen LogP contribution in [0, 0.1) is 5.92 Å². The molecule has 0 unspecified atom stereocenters. The minimum atomic E-state index is -0.411. The first-order valence-corrected chi connectivity index (χ1v) is 13.9. The van der Waals surface area contributed by atoms with Crippen LogP contribution in [0.2, 0.25) is 0 Å². The molecule has 0 aliphatic rings. The number of nitrogens with zero attached hydrogens (tertiary/aromatic N) is 1. The maximum absolute atomic E-state index is 12.5. The molecular weight excluding hydrogens is 482 g/mol. The molecule has 3 aromatic rings. The summed E-state index contributed by atoms with van der Waals surface area (Å²) in [7, 11) is 1.60. The van der Waals surface area contributed by atoms with Crippen LogP contribution in [0.4, 0.5) is 0 Å². The lowest BCUT2D eigenvalue weighted by atomic mass is 10.1. The van der Waals surface area contributed by atoms with Crippen molar-refractivity contribution in [3.05, 3.63) is 53.0 Å². The van der Waals surface area contributed by atoms with Crippen molar-refractivity contribution >= 4 is 16.9 Å². The van der Waals surface area contributed by atoms with Crippen LogP contribution < -0.4 is 15.1 Å². The van der Waals surface area contributed by atoms with Gasteiger partial charge in [0.15, 0.2) is 5.58 Å². The number of hydrogen-bond acceptors (Lipinski definition) is 7. The number of carbonyl (C=O) groups excluding carboxylic acids is 1. The van der Waals surface area contributed by atoms with Crippen LogP contribution in [-0.2, 0) is 9.53 Å². The Labute approximate surface area is 225 Å². The van der Waals surface area contributed by atoms with Crippen LogP contribution in [0.3, 0.4) is 0 Å². The molecule has 0 atom stereocenters. The Morgan fingerprint density at radius 3 is 2.21 bits per heavy atom. The van der Waals surface area contributed by atoms with Gasteiger partial charge >= 0.3 is 11.6 Å². The second-order valence-corrected chi connectivity index (χ2v) is 9.95. The van der Waals surface area contributed by atoms with Crippen LogP contribution in [0.1, 0.15) is 78.1 Å². The molecule has 0 N–H and O–H groups in total. The van der Waals surface area contributed by atoms with Crippen molar-refractivity contribution in [2.75, 3.05) is 20.3 Å². The highest BCUT2D eigenvalue weighted by atomic mass is 16.5. The number of ether oxygens (including phenoxy) is 3. The summed E-state index contributed by atoms with van der Waals surface area (Å²) in [6.07, 6.45) is 13.2. The number of unbranched alkanes of at least 4 members (excludes halogenated alkanes) is 9. The number of fused-ring (bicyclic) bond motifs is 1. The topological polar surface area (TPSA) is 87.9 Å². The van der Waals surface area contributed by atoms with Gasteiger partial charge in [-0.15, -0.1) is 0 Å². The Morgan fingerprint density at radius 1 is 0.895 bits per heavy atom. The molecule has 0 saturated heterocycles. The summed E-state index contributed by atoms with van der Waals surface area (Å²) in [5.74, 6) is 1.07. The number of carbonyl (C=O) groups is 1. The van der Waals surface area contributed by atoms with Gasteiger partial charge in [0.05, 0.1) is 38.0 Å². The minimum Gasteiger partial charge on any atom is -0.497 e. The van der Waals surface area contributed by atoms with Gasteiger partial charge in [-0.05, 0) is 36.6 Å². The molecule has 2 heterocycles. The number of methoxy groups -OCH3 is 1. The summed E-state index contributed by atoms with van der Waals surface area (Å²) in [5, 5.41) is 0.768. The van der Waals surface area contributed by atoms with E-state index in [2.05, 4.69) is 4.98 Å². The molecule has 7 nitrogen and oxygen atoms in total. The highest BCUT2D eigenvalue weighted by Crippen LogP contribution is 2.25. The lowest BCUT2D eigenvalue weighted by molar-refractivity contribution is -0.147. The molecule has 0 radical (unpaired) electrons. The van der Waals surface area contributed by atoms with Crippen molar-refractivity contribution in [2.24, 2.45) is 5.92 Å². The Morgan fingerprint density at radius 2 is 1.55 bits per heavy atom. The summed E-state index contributed by atoms with van der Waals surface area (Å²) in [5.41, 5.74) is 1.23. The number of aromatic nitrogens is 1. The van der Waals surface area contributed by atoms with Crippen molar-refractivity contribution in [3.63, 3.8) is 0 Å². The van der Waals surface area contributed by atoms with Gasteiger partial charge in [-0.3, -0.25) is 4.79 Å². The highest BCUT2D eigenvalue weighted by Gasteiger charge is 2.10. The van der Waals surface area contributed by atoms with Crippen LogP contribution in [-0.4, -0.2) is 31.3 Å². The zero-order valence-corrected chi connectivity index (χ0v) is 23.0. The number of esters is 1. The molecule has 1 aromatic carbocycles. The van der Waals surface area contributed by atoms with Crippen molar-refractivity contribution in [1.29, 1.82) is 0 Å². The Kier molecular flexibility index (Phi) is 12.1. The summed E-state index contributed by atoms with van der Waals surface area (Å²) < 4.78 is 21.8. The van der Waals surface area contributed by atoms with E-state index in [0.29, 0.717) is 36.0 Å². The Bertz CT molecular complexity index is 1200. The van der Waals surface area contributed by atoms with Gasteiger partial charge in [0.2, 0.25) is 5.88 Å². The summed E-state index contributed by atoms with van der Waals surface area (Å²) in [4.78, 5) is 28.2. The van der Waals surface area contributed by atoms with Gasteiger partial charge in [0.1, 0.15) is 5.75 Å². The second kappa shape index (κ2) is 15.8. The Hall–Kier alpha value is -3.35. The first-order valence-electron chi connectivity index (χ1n) is 13.9. The smallest absolute Gasteiger partial charge is 0.344 e. The molecule has 38 heavy (non-hydrogen) atoms. The third-order valence-electron chi connectivity index (χ3n) is 6.48. The molecule has 2 aromatic heterocycles. The quantitative estimate of drug-likeness (QED) is 0.135.